The lowest BCUT2D eigenvalue weighted by Crippen LogP contribution is -2.20. The maximum atomic E-state index is 13.1. The van der Waals surface area contributed by atoms with E-state index in [1.807, 2.05) is 30.3 Å². The molecular weight excluding hydrogens is 403 g/mol. The first-order valence-electron chi connectivity index (χ1n) is 9.66. The zero-order valence-corrected chi connectivity index (χ0v) is 17.0. The molecule has 1 aliphatic carbocycles. The van der Waals surface area contributed by atoms with Gasteiger partial charge >= 0.3 is 6.03 Å². The molecule has 0 aliphatic heterocycles. The molecule has 154 valence electrons. The van der Waals surface area contributed by atoms with Crippen LogP contribution in [0, 0.1) is 11.7 Å². The van der Waals surface area contributed by atoms with Gasteiger partial charge < -0.3 is 10.6 Å². The maximum Gasteiger partial charge on any atom is 0.323 e. The monoisotopic (exact) mass is 424 g/mol. The van der Waals surface area contributed by atoms with Gasteiger partial charge in [-0.2, -0.15) is 0 Å². The Morgan fingerprint density at radius 1 is 0.933 bits per heavy atom. The van der Waals surface area contributed by atoms with Crippen LogP contribution in [-0.4, -0.2) is 20.2 Å². The number of sulfone groups is 1. The van der Waals surface area contributed by atoms with Crippen molar-refractivity contribution in [2.45, 2.75) is 17.7 Å². The first-order valence-corrected chi connectivity index (χ1v) is 11.3. The first-order chi connectivity index (χ1) is 14.4. The van der Waals surface area contributed by atoms with Gasteiger partial charge in [0.15, 0.2) is 9.84 Å². The van der Waals surface area contributed by atoms with Crippen molar-refractivity contribution < 1.29 is 17.6 Å². The lowest BCUT2D eigenvalue weighted by atomic mass is 10.0. The normalized spacial score (nSPS) is 13.6. The Kier molecular flexibility index (Phi) is 5.55. The summed E-state index contributed by atoms with van der Waals surface area (Å²) in [5.74, 6) is -0.0540. The van der Waals surface area contributed by atoms with E-state index in [2.05, 4.69) is 10.6 Å². The van der Waals surface area contributed by atoms with Gasteiger partial charge in [0.05, 0.1) is 16.3 Å². The minimum atomic E-state index is -3.43. The molecule has 0 spiro atoms. The van der Waals surface area contributed by atoms with Gasteiger partial charge in [-0.25, -0.2) is 17.6 Å². The van der Waals surface area contributed by atoms with Crippen molar-refractivity contribution in [1.82, 2.24) is 0 Å². The molecule has 1 aliphatic rings. The van der Waals surface area contributed by atoms with Gasteiger partial charge in [-0.3, -0.25) is 0 Å². The summed E-state index contributed by atoms with van der Waals surface area (Å²) in [5, 5.41) is 5.38. The van der Waals surface area contributed by atoms with Crippen molar-refractivity contribution in [3.8, 4) is 11.1 Å². The van der Waals surface area contributed by atoms with Gasteiger partial charge in [-0.05, 0) is 60.7 Å². The SMILES string of the molecule is O=C(Nc1ccc(F)cc1)Nc1cc(S(=O)(=O)CC2CC2)ccc1-c1ccccc1. The quantitative estimate of drug-likeness (QED) is 0.562. The van der Waals surface area contributed by atoms with Crippen LogP contribution in [0.5, 0.6) is 0 Å². The fourth-order valence-corrected chi connectivity index (χ4v) is 4.92. The number of rotatable bonds is 6. The number of anilines is 2. The molecule has 5 nitrogen and oxygen atoms in total. The highest BCUT2D eigenvalue weighted by molar-refractivity contribution is 7.91. The van der Waals surface area contributed by atoms with Crippen LogP contribution >= 0.6 is 0 Å². The lowest BCUT2D eigenvalue weighted by Gasteiger charge is -2.14. The van der Waals surface area contributed by atoms with Gasteiger partial charge in [0.25, 0.3) is 0 Å². The zero-order chi connectivity index (χ0) is 21.1. The Labute approximate surface area is 174 Å². The summed E-state index contributed by atoms with van der Waals surface area (Å²) >= 11 is 0. The van der Waals surface area contributed by atoms with E-state index in [0.29, 0.717) is 16.9 Å². The minimum Gasteiger partial charge on any atom is -0.308 e. The molecule has 7 heteroatoms. The van der Waals surface area contributed by atoms with Crippen LogP contribution in [0.1, 0.15) is 12.8 Å². The van der Waals surface area contributed by atoms with E-state index in [4.69, 9.17) is 0 Å². The molecule has 4 rings (SSSR count). The topological polar surface area (TPSA) is 75.3 Å². The third-order valence-corrected chi connectivity index (χ3v) is 6.82. The summed E-state index contributed by atoms with van der Waals surface area (Å²) < 4.78 is 38.5. The van der Waals surface area contributed by atoms with E-state index in [9.17, 15) is 17.6 Å². The number of hydrogen-bond donors (Lipinski definition) is 2. The van der Waals surface area contributed by atoms with Crippen molar-refractivity contribution >= 4 is 27.2 Å². The maximum absolute atomic E-state index is 13.1. The summed E-state index contributed by atoms with van der Waals surface area (Å²) in [4.78, 5) is 12.7. The predicted molar refractivity (Wildman–Crippen MR) is 116 cm³/mol. The van der Waals surface area contributed by atoms with Crippen molar-refractivity contribution in [3.05, 3.63) is 78.6 Å². The van der Waals surface area contributed by atoms with E-state index in [1.165, 1.54) is 30.3 Å². The molecule has 1 saturated carbocycles. The summed E-state index contributed by atoms with van der Waals surface area (Å²) in [6, 6.07) is 19.0. The number of halogens is 1. The Hall–Kier alpha value is -3.19. The molecule has 0 aromatic heterocycles. The van der Waals surface area contributed by atoms with E-state index in [0.717, 1.165) is 18.4 Å². The number of nitrogens with one attached hydrogen (secondary N) is 2. The van der Waals surface area contributed by atoms with Crippen LogP contribution in [-0.2, 0) is 9.84 Å². The van der Waals surface area contributed by atoms with Gasteiger partial charge in [-0.15, -0.1) is 0 Å². The van der Waals surface area contributed by atoms with Crippen LogP contribution in [0.3, 0.4) is 0 Å². The van der Waals surface area contributed by atoms with Gasteiger partial charge in [-0.1, -0.05) is 36.4 Å². The van der Waals surface area contributed by atoms with Crippen LogP contribution in [0.15, 0.2) is 77.7 Å². The molecule has 0 atom stereocenters. The van der Waals surface area contributed by atoms with Crippen molar-refractivity contribution in [2.24, 2.45) is 5.92 Å². The number of amides is 2. The Morgan fingerprint density at radius 2 is 1.63 bits per heavy atom. The van der Waals surface area contributed by atoms with Crippen molar-refractivity contribution in [3.63, 3.8) is 0 Å². The van der Waals surface area contributed by atoms with E-state index >= 15 is 0 Å². The molecule has 3 aromatic carbocycles. The van der Waals surface area contributed by atoms with Gasteiger partial charge in [0.1, 0.15) is 5.82 Å². The average Bonchev–Trinajstić information content (AvgIpc) is 3.53. The van der Waals surface area contributed by atoms with Gasteiger partial charge in [0.2, 0.25) is 0 Å². The van der Waals surface area contributed by atoms with E-state index in [1.54, 1.807) is 12.1 Å². The largest absolute Gasteiger partial charge is 0.323 e. The Morgan fingerprint density at radius 3 is 2.30 bits per heavy atom. The molecule has 0 radical (unpaired) electrons. The number of carbonyl (C=O) groups is 1. The molecule has 0 heterocycles. The second-order valence-corrected chi connectivity index (χ2v) is 9.42. The van der Waals surface area contributed by atoms with E-state index < -0.39 is 21.7 Å². The smallest absolute Gasteiger partial charge is 0.308 e. The Balaban J connectivity index is 1.64. The molecule has 30 heavy (non-hydrogen) atoms. The lowest BCUT2D eigenvalue weighted by molar-refractivity contribution is 0.262. The number of urea groups is 1. The Bertz CT molecular complexity index is 1160. The van der Waals surface area contributed by atoms with E-state index in [-0.39, 0.29) is 16.6 Å². The van der Waals surface area contributed by atoms with Crippen LogP contribution in [0.2, 0.25) is 0 Å². The van der Waals surface area contributed by atoms with Gasteiger partial charge in [0, 0.05) is 11.3 Å². The molecular formula is C23H21FN2O3S. The third-order valence-electron chi connectivity index (χ3n) is 4.94. The molecule has 1 fully saturated rings. The average molecular weight is 424 g/mol. The standard InChI is InChI=1S/C23H21FN2O3S/c24-18-8-10-19(11-9-18)25-23(27)26-22-14-20(30(28,29)15-16-6-7-16)12-13-21(22)17-4-2-1-3-5-17/h1-5,8-14,16H,6-7,15H2,(H2,25,26,27). The molecule has 0 bridgehead atoms. The van der Waals surface area contributed by atoms with Crippen LogP contribution in [0.25, 0.3) is 11.1 Å². The molecule has 0 unspecified atom stereocenters. The summed E-state index contributed by atoms with van der Waals surface area (Å²) in [6.07, 6.45) is 1.87. The zero-order valence-electron chi connectivity index (χ0n) is 16.1. The molecule has 0 saturated heterocycles. The number of benzene rings is 3. The third kappa shape index (κ3) is 4.86. The molecule has 2 N–H and O–H groups in total. The highest BCUT2D eigenvalue weighted by atomic mass is 32.2. The highest BCUT2D eigenvalue weighted by Gasteiger charge is 2.29. The minimum absolute atomic E-state index is 0.124. The highest BCUT2D eigenvalue weighted by Crippen LogP contribution is 2.35. The van der Waals surface area contributed by atoms with Crippen molar-refractivity contribution in [1.29, 1.82) is 0 Å². The van der Waals surface area contributed by atoms with Crippen molar-refractivity contribution in [2.75, 3.05) is 16.4 Å². The van der Waals surface area contributed by atoms with Crippen LogP contribution < -0.4 is 10.6 Å². The number of carbonyl (C=O) groups excluding carboxylic acids is 1. The van der Waals surface area contributed by atoms with Crippen LogP contribution in [0.4, 0.5) is 20.6 Å². The fourth-order valence-electron chi connectivity index (χ4n) is 3.20. The summed E-state index contributed by atoms with van der Waals surface area (Å²) in [6.45, 7) is 0. The predicted octanol–water partition coefficient (Wildman–Crippen LogP) is 5.32. The summed E-state index contributed by atoms with van der Waals surface area (Å²) in [7, 11) is -3.43. The molecule has 3 aromatic rings. The summed E-state index contributed by atoms with van der Waals surface area (Å²) in [5.41, 5.74) is 2.36. The second kappa shape index (κ2) is 8.28. The molecule has 2 amide bonds. The fraction of sp³-hybridized carbons (Fsp3) is 0.174. The first kappa shape index (κ1) is 20.1. The number of hydrogen-bond acceptors (Lipinski definition) is 3. The second-order valence-electron chi connectivity index (χ2n) is 7.38.